The van der Waals surface area contributed by atoms with Crippen molar-refractivity contribution < 1.29 is 4.39 Å². The zero-order chi connectivity index (χ0) is 12.5. The van der Waals surface area contributed by atoms with E-state index in [-0.39, 0.29) is 5.56 Å². The molecule has 0 N–H and O–H groups in total. The van der Waals surface area contributed by atoms with Crippen LogP contribution in [0.25, 0.3) is 16.6 Å². The Balaban J connectivity index is 2.30. The Labute approximate surface area is 103 Å². The molecule has 0 bridgehead atoms. The zero-order valence-electron chi connectivity index (χ0n) is 9.34. The summed E-state index contributed by atoms with van der Waals surface area (Å²) >= 11 is 0. The van der Waals surface area contributed by atoms with Crippen LogP contribution in [0.15, 0.2) is 48.7 Å². The molecule has 0 radical (unpaired) electrons. The Morgan fingerprint density at radius 3 is 2.83 bits per heavy atom. The quantitative estimate of drug-likeness (QED) is 0.652. The van der Waals surface area contributed by atoms with Crippen LogP contribution in [0.4, 0.5) is 4.39 Å². The van der Waals surface area contributed by atoms with Gasteiger partial charge in [-0.15, -0.1) is 0 Å². The van der Waals surface area contributed by atoms with Crippen LogP contribution >= 0.6 is 0 Å². The highest BCUT2D eigenvalue weighted by molar-refractivity contribution is 5.80. The number of nitriles is 1. The van der Waals surface area contributed by atoms with E-state index in [1.165, 1.54) is 12.1 Å². The van der Waals surface area contributed by atoms with Crippen LogP contribution in [-0.2, 0) is 0 Å². The molecule has 2 aromatic carbocycles. The summed E-state index contributed by atoms with van der Waals surface area (Å²) < 4.78 is 14.8. The number of benzene rings is 2. The molecule has 4 heteroatoms. The summed E-state index contributed by atoms with van der Waals surface area (Å²) in [6, 6.07) is 13.8. The van der Waals surface area contributed by atoms with Crippen molar-refractivity contribution in [2.24, 2.45) is 0 Å². The van der Waals surface area contributed by atoms with E-state index in [1.807, 2.05) is 30.3 Å². The molecule has 86 valence electrons. The number of hydrogen-bond donors (Lipinski definition) is 0. The van der Waals surface area contributed by atoms with Gasteiger partial charge in [0.1, 0.15) is 11.9 Å². The lowest BCUT2D eigenvalue weighted by Gasteiger charge is -2.05. The Bertz CT molecular complexity index is 768. The summed E-state index contributed by atoms with van der Waals surface area (Å²) in [6.45, 7) is 0. The second-order valence-corrected chi connectivity index (χ2v) is 3.89. The SMILES string of the molecule is N#Cc1cc(F)ccc1-n1ncc2ccccc21. The summed E-state index contributed by atoms with van der Waals surface area (Å²) in [5.41, 5.74) is 1.74. The minimum absolute atomic E-state index is 0.267. The van der Waals surface area contributed by atoms with Crippen molar-refractivity contribution in [2.45, 2.75) is 0 Å². The maximum atomic E-state index is 13.1. The van der Waals surface area contributed by atoms with Crippen LogP contribution in [0.2, 0.25) is 0 Å². The van der Waals surface area contributed by atoms with Crippen LogP contribution in [0.3, 0.4) is 0 Å². The molecule has 18 heavy (non-hydrogen) atoms. The molecule has 0 unspecified atom stereocenters. The third kappa shape index (κ3) is 1.54. The van der Waals surface area contributed by atoms with Crippen molar-refractivity contribution in [3.63, 3.8) is 0 Å². The molecule has 0 fully saturated rings. The Hall–Kier alpha value is -2.67. The van der Waals surface area contributed by atoms with E-state index in [4.69, 9.17) is 5.26 Å². The fourth-order valence-electron chi connectivity index (χ4n) is 1.95. The van der Waals surface area contributed by atoms with Gasteiger partial charge < -0.3 is 0 Å². The van der Waals surface area contributed by atoms with Gasteiger partial charge in [-0.05, 0) is 24.3 Å². The van der Waals surface area contributed by atoms with Gasteiger partial charge in [-0.1, -0.05) is 18.2 Å². The number of aromatic nitrogens is 2. The number of rotatable bonds is 1. The first kappa shape index (κ1) is 10.5. The monoisotopic (exact) mass is 237 g/mol. The smallest absolute Gasteiger partial charge is 0.124 e. The van der Waals surface area contributed by atoms with Crippen molar-refractivity contribution in [3.05, 3.63) is 60.0 Å². The highest BCUT2D eigenvalue weighted by Crippen LogP contribution is 2.21. The minimum atomic E-state index is -0.424. The third-order valence-electron chi connectivity index (χ3n) is 2.78. The maximum Gasteiger partial charge on any atom is 0.124 e. The largest absolute Gasteiger partial charge is 0.232 e. The van der Waals surface area contributed by atoms with E-state index in [1.54, 1.807) is 16.9 Å². The lowest BCUT2D eigenvalue weighted by Crippen LogP contribution is -1.99. The van der Waals surface area contributed by atoms with Crippen LogP contribution in [0.5, 0.6) is 0 Å². The van der Waals surface area contributed by atoms with Gasteiger partial charge in [0.25, 0.3) is 0 Å². The Kier molecular flexibility index (Phi) is 2.31. The summed E-state index contributed by atoms with van der Waals surface area (Å²) in [4.78, 5) is 0. The molecular weight excluding hydrogens is 229 g/mol. The van der Waals surface area contributed by atoms with Crippen molar-refractivity contribution in [1.29, 1.82) is 5.26 Å². The minimum Gasteiger partial charge on any atom is -0.232 e. The van der Waals surface area contributed by atoms with Crippen molar-refractivity contribution in [3.8, 4) is 11.8 Å². The molecule has 0 aliphatic heterocycles. The Morgan fingerprint density at radius 2 is 2.00 bits per heavy atom. The van der Waals surface area contributed by atoms with Gasteiger partial charge in [0, 0.05) is 5.39 Å². The number of para-hydroxylation sites is 1. The molecule has 0 saturated heterocycles. The van der Waals surface area contributed by atoms with Crippen molar-refractivity contribution in [2.75, 3.05) is 0 Å². The second kappa shape index (κ2) is 3.97. The molecule has 0 amide bonds. The van der Waals surface area contributed by atoms with Crippen LogP contribution in [-0.4, -0.2) is 9.78 Å². The van der Waals surface area contributed by atoms with Crippen molar-refractivity contribution in [1.82, 2.24) is 9.78 Å². The van der Waals surface area contributed by atoms with Crippen LogP contribution < -0.4 is 0 Å². The summed E-state index contributed by atoms with van der Waals surface area (Å²) in [6.07, 6.45) is 1.72. The average molecular weight is 237 g/mol. The number of fused-ring (bicyclic) bond motifs is 1. The number of halogens is 1. The van der Waals surface area contributed by atoms with E-state index in [0.29, 0.717) is 5.69 Å². The standard InChI is InChI=1S/C14H8FN3/c15-12-5-6-14(11(7-12)8-16)18-13-4-2-1-3-10(13)9-17-18/h1-7,9H. The van der Waals surface area contributed by atoms with Crippen LogP contribution in [0.1, 0.15) is 5.56 Å². The lowest BCUT2D eigenvalue weighted by molar-refractivity contribution is 0.626. The summed E-state index contributed by atoms with van der Waals surface area (Å²) in [5.74, 6) is -0.424. The first-order chi connectivity index (χ1) is 8.79. The van der Waals surface area contributed by atoms with E-state index in [2.05, 4.69) is 5.10 Å². The maximum absolute atomic E-state index is 13.1. The molecule has 1 aromatic heterocycles. The lowest BCUT2D eigenvalue weighted by atomic mass is 10.2. The van der Waals surface area contributed by atoms with Gasteiger partial charge >= 0.3 is 0 Å². The molecule has 0 aliphatic rings. The second-order valence-electron chi connectivity index (χ2n) is 3.89. The molecule has 3 aromatic rings. The number of hydrogen-bond acceptors (Lipinski definition) is 2. The molecule has 3 rings (SSSR count). The van der Waals surface area contributed by atoms with Crippen molar-refractivity contribution >= 4 is 10.9 Å². The fraction of sp³-hybridized carbons (Fsp3) is 0. The molecule has 0 saturated carbocycles. The zero-order valence-corrected chi connectivity index (χ0v) is 9.34. The predicted molar refractivity (Wildman–Crippen MR) is 65.7 cm³/mol. The summed E-state index contributed by atoms with van der Waals surface area (Å²) in [7, 11) is 0. The van der Waals surface area contributed by atoms with Gasteiger partial charge in [-0.25, -0.2) is 9.07 Å². The van der Waals surface area contributed by atoms with E-state index < -0.39 is 5.82 Å². The van der Waals surface area contributed by atoms with E-state index >= 15 is 0 Å². The topological polar surface area (TPSA) is 41.6 Å². The normalized spacial score (nSPS) is 10.4. The molecule has 1 heterocycles. The van der Waals surface area contributed by atoms with Crippen LogP contribution in [0, 0.1) is 17.1 Å². The molecule has 0 spiro atoms. The average Bonchev–Trinajstić information content (AvgIpc) is 2.82. The highest BCUT2D eigenvalue weighted by Gasteiger charge is 2.09. The predicted octanol–water partition coefficient (Wildman–Crippen LogP) is 3.04. The van der Waals surface area contributed by atoms with Gasteiger partial charge in [0.2, 0.25) is 0 Å². The summed E-state index contributed by atoms with van der Waals surface area (Å²) in [5, 5.41) is 14.3. The van der Waals surface area contributed by atoms with E-state index in [0.717, 1.165) is 10.9 Å². The molecule has 0 aliphatic carbocycles. The van der Waals surface area contributed by atoms with E-state index in [9.17, 15) is 4.39 Å². The highest BCUT2D eigenvalue weighted by atomic mass is 19.1. The first-order valence-corrected chi connectivity index (χ1v) is 5.42. The first-order valence-electron chi connectivity index (χ1n) is 5.42. The Morgan fingerprint density at radius 1 is 1.17 bits per heavy atom. The van der Waals surface area contributed by atoms with Gasteiger partial charge in [0.15, 0.2) is 0 Å². The van der Waals surface area contributed by atoms with Gasteiger partial charge in [0.05, 0.1) is 23.0 Å². The molecule has 0 atom stereocenters. The molecular formula is C14H8FN3. The van der Waals surface area contributed by atoms with Gasteiger partial charge in [-0.2, -0.15) is 10.4 Å². The third-order valence-corrected chi connectivity index (χ3v) is 2.78. The fourth-order valence-corrected chi connectivity index (χ4v) is 1.95. The molecule has 3 nitrogen and oxygen atoms in total. The number of nitrogens with zero attached hydrogens (tertiary/aromatic N) is 3. The van der Waals surface area contributed by atoms with Gasteiger partial charge in [-0.3, -0.25) is 0 Å².